The number of aromatic nitrogens is 3. The minimum Gasteiger partial charge on any atom is -0.497 e. The zero-order valence-electron chi connectivity index (χ0n) is 11.3. The van der Waals surface area contributed by atoms with Gasteiger partial charge in [-0.25, -0.2) is 9.97 Å². The normalized spacial score (nSPS) is 11.2. The highest BCUT2D eigenvalue weighted by atomic mass is 35.5. The van der Waals surface area contributed by atoms with Crippen LogP contribution in [-0.4, -0.2) is 21.6 Å². The van der Waals surface area contributed by atoms with Crippen LogP contribution in [0, 0.1) is 6.92 Å². The van der Waals surface area contributed by atoms with Crippen molar-refractivity contribution in [3.05, 3.63) is 40.1 Å². The van der Waals surface area contributed by atoms with Crippen LogP contribution in [0.1, 0.15) is 16.5 Å². The minimum absolute atomic E-state index is 0.376. The first-order chi connectivity index (χ1) is 9.71. The number of alkyl halides is 1. The van der Waals surface area contributed by atoms with E-state index in [4.69, 9.17) is 16.3 Å². The van der Waals surface area contributed by atoms with Crippen molar-refractivity contribution < 1.29 is 4.74 Å². The summed E-state index contributed by atoms with van der Waals surface area (Å²) >= 11 is 7.67. The molecule has 6 heteroatoms. The Hall–Kier alpha value is -1.59. The number of methoxy groups -OCH3 is 1. The van der Waals surface area contributed by atoms with E-state index in [2.05, 4.69) is 19.9 Å². The third-order valence-corrected chi connectivity index (χ3v) is 4.30. The lowest BCUT2D eigenvalue weighted by Gasteiger charge is -2.05. The van der Waals surface area contributed by atoms with Crippen molar-refractivity contribution >= 4 is 34.0 Å². The molecule has 0 atom stereocenters. The van der Waals surface area contributed by atoms with Crippen LogP contribution in [0.5, 0.6) is 5.75 Å². The minimum atomic E-state index is 0.376. The SMILES string of the molecule is COc1ccc2c(c1)nc(CCl)n2Cc1nc(C)cs1. The molecular weight excluding hydrogens is 294 g/mol. The number of hydrogen-bond acceptors (Lipinski definition) is 4. The monoisotopic (exact) mass is 307 g/mol. The summed E-state index contributed by atoms with van der Waals surface area (Å²) in [6.07, 6.45) is 0. The molecule has 0 N–H and O–H groups in total. The van der Waals surface area contributed by atoms with Crippen LogP contribution >= 0.6 is 22.9 Å². The number of ether oxygens (including phenoxy) is 1. The smallest absolute Gasteiger partial charge is 0.125 e. The predicted octanol–water partition coefficient (Wildman–Crippen LogP) is 3.60. The van der Waals surface area contributed by atoms with Gasteiger partial charge < -0.3 is 9.30 Å². The lowest BCUT2D eigenvalue weighted by Crippen LogP contribution is -2.03. The molecule has 0 bridgehead atoms. The maximum absolute atomic E-state index is 6.02. The number of imidazole rings is 1. The van der Waals surface area contributed by atoms with E-state index in [9.17, 15) is 0 Å². The topological polar surface area (TPSA) is 39.9 Å². The average Bonchev–Trinajstić information content (AvgIpc) is 3.02. The van der Waals surface area contributed by atoms with E-state index in [1.807, 2.05) is 25.1 Å². The standard InChI is InChI=1S/C14H14ClN3OS/c1-9-8-20-14(16-9)7-18-12-4-3-10(19-2)5-11(12)17-13(18)6-15/h3-5,8H,6-7H2,1-2H3. The van der Waals surface area contributed by atoms with Crippen LogP contribution < -0.4 is 4.74 Å². The van der Waals surface area contributed by atoms with Crippen molar-refractivity contribution in [3.8, 4) is 5.75 Å². The summed E-state index contributed by atoms with van der Waals surface area (Å²) in [6.45, 7) is 2.70. The molecule has 20 heavy (non-hydrogen) atoms. The molecule has 4 nitrogen and oxygen atoms in total. The first-order valence-electron chi connectivity index (χ1n) is 6.21. The van der Waals surface area contributed by atoms with E-state index in [-0.39, 0.29) is 0 Å². The zero-order valence-corrected chi connectivity index (χ0v) is 12.8. The Morgan fingerprint density at radius 3 is 2.85 bits per heavy atom. The highest BCUT2D eigenvalue weighted by molar-refractivity contribution is 7.09. The molecule has 0 spiro atoms. The van der Waals surface area contributed by atoms with Crippen LogP contribution in [0.4, 0.5) is 0 Å². The molecular formula is C14H14ClN3OS. The lowest BCUT2D eigenvalue weighted by atomic mass is 10.3. The Labute approximate surface area is 126 Å². The van der Waals surface area contributed by atoms with Crippen molar-refractivity contribution in [1.29, 1.82) is 0 Å². The number of fused-ring (bicyclic) bond motifs is 1. The molecule has 2 heterocycles. The van der Waals surface area contributed by atoms with Crippen LogP contribution in [0.2, 0.25) is 0 Å². The molecule has 0 saturated heterocycles. The Morgan fingerprint density at radius 2 is 2.20 bits per heavy atom. The molecule has 2 aromatic heterocycles. The largest absolute Gasteiger partial charge is 0.497 e. The molecule has 0 fully saturated rings. The molecule has 3 rings (SSSR count). The van der Waals surface area contributed by atoms with Gasteiger partial charge in [-0.05, 0) is 19.1 Å². The summed E-state index contributed by atoms with van der Waals surface area (Å²) in [5.41, 5.74) is 2.99. The second kappa shape index (κ2) is 5.42. The van der Waals surface area contributed by atoms with Gasteiger partial charge in [-0.15, -0.1) is 22.9 Å². The predicted molar refractivity (Wildman–Crippen MR) is 81.8 cm³/mol. The first-order valence-corrected chi connectivity index (χ1v) is 7.63. The summed E-state index contributed by atoms with van der Waals surface area (Å²) < 4.78 is 7.35. The van der Waals surface area contributed by atoms with E-state index < -0.39 is 0 Å². The summed E-state index contributed by atoms with van der Waals surface area (Å²) in [6, 6.07) is 5.87. The van der Waals surface area contributed by atoms with Gasteiger partial charge in [0, 0.05) is 17.1 Å². The van der Waals surface area contributed by atoms with E-state index in [1.54, 1.807) is 18.4 Å². The maximum Gasteiger partial charge on any atom is 0.125 e. The number of aryl methyl sites for hydroxylation is 1. The van der Waals surface area contributed by atoms with Crippen molar-refractivity contribution in [2.45, 2.75) is 19.3 Å². The average molecular weight is 308 g/mol. The quantitative estimate of drug-likeness (QED) is 0.691. The van der Waals surface area contributed by atoms with Crippen molar-refractivity contribution in [2.75, 3.05) is 7.11 Å². The summed E-state index contributed by atoms with van der Waals surface area (Å²) in [5, 5.41) is 3.11. The van der Waals surface area contributed by atoms with E-state index in [0.29, 0.717) is 12.4 Å². The van der Waals surface area contributed by atoms with Gasteiger partial charge in [-0.3, -0.25) is 0 Å². The number of benzene rings is 1. The highest BCUT2D eigenvalue weighted by Crippen LogP contribution is 2.24. The van der Waals surface area contributed by atoms with Crippen LogP contribution in [0.15, 0.2) is 23.6 Å². The summed E-state index contributed by atoms with van der Waals surface area (Å²) in [5.74, 6) is 2.03. The fraction of sp³-hybridized carbons (Fsp3) is 0.286. The Kier molecular flexibility index (Phi) is 3.63. The molecule has 0 radical (unpaired) electrons. The van der Waals surface area contributed by atoms with Gasteiger partial charge in [0.1, 0.15) is 16.6 Å². The van der Waals surface area contributed by atoms with Crippen LogP contribution in [-0.2, 0) is 12.4 Å². The molecule has 0 amide bonds. The Bertz CT molecular complexity index is 750. The van der Waals surface area contributed by atoms with Gasteiger partial charge in [0.2, 0.25) is 0 Å². The van der Waals surface area contributed by atoms with Crippen LogP contribution in [0.3, 0.4) is 0 Å². The number of rotatable bonds is 4. The van der Waals surface area contributed by atoms with Gasteiger partial charge in [-0.2, -0.15) is 0 Å². The van der Waals surface area contributed by atoms with Gasteiger partial charge in [0.15, 0.2) is 0 Å². The number of thiazole rings is 1. The maximum atomic E-state index is 6.02. The second-order valence-electron chi connectivity index (χ2n) is 4.49. The van der Waals surface area contributed by atoms with Gasteiger partial charge in [0.05, 0.1) is 30.6 Å². The van der Waals surface area contributed by atoms with Crippen LogP contribution in [0.25, 0.3) is 11.0 Å². The molecule has 0 saturated carbocycles. The zero-order chi connectivity index (χ0) is 14.1. The molecule has 0 unspecified atom stereocenters. The van der Waals surface area contributed by atoms with E-state index in [1.165, 1.54) is 0 Å². The molecule has 1 aromatic carbocycles. The molecule has 0 aliphatic carbocycles. The van der Waals surface area contributed by atoms with Crippen molar-refractivity contribution in [3.63, 3.8) is 0 Å². The first kappa shape index (κ1) is 13.4. The van der Waals surface area contributed by atoms with Gasteiger partial charge >= 0.3 is 0 Å². The van der Waals surface area contributed by atoms with E-state index >= 15 is 0 Å². The molecule has 0 aliphatic heterocycles. The van der Waals surface area contributed by atoms with Gasteiger partial charge in [-0.1, -0.05) is 0 Å². The molecule has 104 valence electrons. The number of hydrogen-bond donors (Lipinski definition) is 0. The number of halogens is 1. The Balaban J connectivity index is 2.08. The fourth-order valence-electron chi connectivity index (χ4n) is 2.18. The summed E-state index contributed by atoms with van der Waals surface area (Å²) in [4.78, 5) is 9.07. The second-order valence-corrected chi connectivity index (χ2v) is 5.69. The third kappa shape index (κ3) is 2.39. The van der Waals surface area contributed by atoms with Gasteiger partial charge in [0.25, 0.3) is 0 Å². The highest BCUT2D eigenvalue weighted by Gasteiger charge is 2.12. The number of nitrogens with zero attached hydrogens (tertiary/aromatic N) is 3. The molecule has 3 aromatic rings. The summed E-state index contributed by atoms with van der Waals surface area (Å²) in [7, 11) is 1.65. The van der Waals surface area contributed by atoms with Crippen molar-refractivity contribution in [2.24, 2.45) is 0 Å². The third-order valence-electron chi connectivity index (χ3n) is 3.11. The lowest BCUT2D eigenvalue weighted by molar-refractivity contribution is 0.415. The van der Waals surface area contributed by atoms with E-state index in [0.717, 1.165) is 33.3 Å². The molecule has 0 aliphatic rings. The fourth-order valence-corrected chi connectivity index (χ4v) is 3.14. The van der Waals surface area contributed by atoms with Crippen molar-refractivity contribution in [1.82, 2.24) is 14.5 Å². The Morgan fingerprint density at radius 1 is 1.35 bits per heavy atom.